The minimum Gasteiger partial charge on any atom is -0.334 e. The Morgan fingerprint density at radius 1 is 1.33 bits per heavy atom. The van der Waals surface area contributed by atoms with Gasteiger partial charge in [-0.2, -0.15) is 0 Å². The molecule has 0 bridgehead atoms. The largest absolute Gasteiger partial charge is 0.334 e. The fourth-order valence-electron chi connectivity index (χ4n) is 2.33. The summed E-state index contributed by atoms with van der Waals surface area (Å²) in [7, 11) is 1.94. The van der Waals surface area contributed by atoms with E-state index < -0.39 is 0 Å². The summed E-state index contributed by atoms with van der Waals surface area (Å²) in [5.74, 6) is 0.854. The number of carbonyl (C=O) groups excluding carboxylic acids is 1. The highest BCUT2D eigenvalue weighted by atomic mass is 32.1. The molecule has 0 spiro atoms. The molecule has 2 heterocycles. The van der Waals surface area contributed by atoms with Crippen LogP contribution in [0.1, 0.15) is 15.6 Å². The summed E-state index contributed by atoms with van der Waals surface area (Å²) in [4.78, 5) is 22.0. The third-order valence-electron chi connectivity index (χ3n) is 3.67. The first-order valence-electron chi connectivity index (χ1n) is 7.58. The van der Waals surface area contributed by atoms with Crippen molar-refractivity contribution < 1.29 is 4.79 Å². The molecular weight excluding hydrogens is 322 g/mol. The number of imidazole rings is 1. The molecule has 24 heavy (non-hydrogen) atoms. The number of hydrogen-bond acceptors (Lipinski definition) is 4. The van der Waals surface area contributed by atoms with Gasteiger partial charge in [-0.05, 0) is 26.0 Å². The van der Waals surface area contributed by atoms with Gasteiger partial charge in [0.25, 0.3) is 0 Å². The van der Waals surface area contributed by atoms with Gasteiger partial charge in [-0.15, -0.1) is 11.3 Å². The smallest absolute Gasteiger partial charge is 0.319 e. The number of aryl methyl sites for hydroxylation is 3. The second kappa shape index (κ2) is 6.84. The number of benzene rings is 1. The topological polar surface area (TPSA) is 71.8 Å². The lowest BCUT2D eigenvalue weighted by Gasteiger charge is -2.08. The van der Waals surface area contributed by atoms with E-state index in [9.17, 15) is 4.79 Å². The molecule has 0 atom stereocenters. The van der Waals surface area contributed by atoms with Crippen molar-refractivity contribution in [1.29, 1.82) is 0 Å². The maximum absolute atomic E-state index is 12.1. The molecular formula is C17H19N5OS. The lowest BCUT2D eigenvalue weighted by atomic mass is 10.2. The van der Waals surface area contributed by atoms with Gasteiger partial charge in [0, 0.05) is 35.6 Å². The highest BCUT2D eigenvalue weighted by molar-refractivity contribution is 7.11. The Morgan fingerprint density at radius 2 is 2.17 bits per heavy atom. The molecule has 0 aliphatic carbocycles. The molecule has 2 N–H and O–H groups in total. The fraction of sp³-hybridized carbons (Fsp3) is 0.235. The molecule has 0 fully saturated rings. The van der Waals surface area contributed by atoms with Gasteiger partial charge >= 0.3 is 6.03 Å². The number of amides is 2. The van der Waals surface area contributed by atoms with Crippen molar-refractivity contribution in [3.05, 3.63) is 52.2 Å². The summed E-state index contributed by atoms with van der Waals surface area (Å²) in [6, 6.07) is 7.36. The summed E-state index contributed by atoms with van der Waals surface area (Å²) in [5, 5.41) is 6.58. The standard InChI is InChI=1S/C17H19N5OS/c1-11-12(2)24-15(20-11)10-19-17(23)21-14-6-4-5-13(9-14)16-18-7-8-22(16)3/h4-9H,10H2,1-3H3,(H2,19,21,23). The van der Waals surface area contributed by atoms with Crippen LogP contribution in [0.4, 0.5) is 10.5 Å². The van der Waals surface area contributed by atoms with Crippen LogP contribution in [0.5, 0.6) is 0 Å². The van der Waals surface area contributed by atoms with Gasteiger partial charge in [0.2, 0.25) is 0 Å². The second-order valence-electron chi connectivity index (χ2n) is 5.50. The first kappa shape index (κ1) is 16.2. The highest BCUT2D eigenvalue weighted by Gasteiger charge is 2.08. The first-order chi connectivity index (χ1) is 11.5. The van der Waals surface area contributed by atoms with Gasteiger partial charge in [0.1, 0.15) is 10.8 Å². The summed E-state index contributed by atoms with van der Waals surface area (Å²) < 4.78 is 1.94. The summed E-state index contributed by atoms with van der Waals surface area (Å²) in [6.07, 6.45) is 3.64. The Hall–Kier alpha value is -2.67. The van der Waals surface area contributed by atoms with E-state index in [0.29, 0.717) is 6.54 Å². The van der Waals surface area contributed by atoms with Crippen LogP contribution in [0.3, 0.4) is 0 Å². The van der Waals surface area contributed by atoms with Gasteiger partial charge in [0.05, 0.1) is 12.2 Å². The second-order valence-corrected chi connectivity index (χ2v) is 6.79. The number of anilines is 1. The number of aromatic nitrogens is 3. The molecule has 0 unspecified atom stereocenters. The zero-order valence-corrected chi connectivity index (χ0v) is 14.6. The molecule has 2 aromatic heterocycles. The Bertz CT molecular complexity index is 848. The van der Waals surface area contributed by atoms with Crippen LogP contribution in [0.25, 0.3) is 11.4 Å². The number of thiazole rings is 1. The van der Waals surface area contributed by atoms with E-state index in [2.05, 4.69) is 20.6 Å². The van der Waals surface area contributed by atoms with Crippen molar-refractivity contribution in [2.75, 3.05) is 5.32 Å². The van der Waals surface area contributed by atoms with Crippen molar-refractivity contribution in [3.63, 3.8) is 0 Å². The molecule has 0 saturated carbocycles. The zero-order chi connectivity index (χ0) is 17.1. The minimum absolute atomic E-state index is 0.252. The normalized spacial score (nSPS) is 10.6. The Kier molecular flexibility index (Phi) is 4.61. The van der Waals surface area contributed by atoms with Crippen LogP contribution in [-0.2, 0) is 13.6 Å². The van der Waals surface area contributed by atoms with Crippen LogP contribution in [0.15, 0.2) is 36.7 Å². The van der Waals surface area contributed by atoms with Crippen molar-refractivity contribution in [2.24, 2.45) is 7.05 Å². The van der Waals surface area contributed by atoms with Gasteiger partial charge in [-0.1, -0.05) is 12.1 Å². The third kappa shape index (κ3) is 3.62. The van der Waals surface area contributed by atoms with Crippen molar-refractivity contribution in [1.82, 2.24) is 19.9 Å². The van der Waals surface area contributed by atoms with Crippen LogP contribution in [-0.4, -0.2) is 20.6 Å². The van der Waals surface area contributed by atoms with Gasteiger partial charge in [0.15, 0.2) is 0 Å². The molecule has 0 aliphatic heterocycles. The minimum atomic E-state index is -0.252. The van der Waals surface area contributed by atoms with E-state index in [4.69, 9.17) is 0 Å². The SMILES string of the molecule is Cc1nc(CNC(=O)Nc2cccc(-c3nccn3C)c2)sc1C. The van der Waals surface area contributed by atoms with Gasteiger partial charge in [-0.3, -0.25) is 0 Å². The van der Waals surface area contributed by atoms with E-state index >= 15 is 0 Å². The molecule has 6 nitrogen and oxygen atoms in total. The van der Waals surface area contributed by atoms with E-state index in [-0.39, 0.29) is 6.03 Å². The Labute approximate surface area is 144 Å². The molecule has 124 valence electrons. The molecule has 7 heteroatoms. The van der Waals surface area contributed by atoms with Crippen LogP contribution < -0.4 is 10.6 Å². The lowest BCUT2D eigenvalue weighted by Crippen LogP contribution is -2.28. The number of carbonyl (C=O) groups is 1. The van der Waals surface area contributed by atoms with Gasteiger partial charge in [-0.25, -0.2) is 14.8 Å². The van der Waals surface area contributed by atoms with Crippen LogP contribution in [0.2, 0.25) is 0 Å². The van der Waals surface area contributed by atoms with Crippen LogP contribution >= 0.6 is 11.3 Å². The molecule has 0 aliphatic rings. The summed E-state index contributed by atoms with van der Waals surface area (Å²) in [5.41, 5.74) is 2.69. The predicted molar refractivity (Wildman–Crippen MR) is 96.1 cm³/mol. The van der Waals surface area contributed by atoms with Gasteiger partial charge < -0.3 is 15.2 Å². The van der Waals surface area contributed by atoms with E-state index in [1.807, 2.05) is 55.9 Å². The number of hydrogen-bond donors (Lipinski definition) is 2. The first-order valence-corrected chi connectivity index (χ1v) is 8.40. The predicted octanol–water partition coefficient (Wildman–Crippen LogP) is 3.48. The van der Waals surface area contributed by atoms with Crippen LogP contribution in [0, 0.1) is 13.8 Å². The van der Waals surface area contributed by atoms with Crippen molar-refractivity contribution in [2.45, 2.75) is 20.4 Å². The molecule has 3 aromatic rings. The lowest BCUT2D eigenvalue weighted by molar-refractivity contribution is 0.251. The average molecular weight is 341 g/mol. The van der Waals surface area contributed by atoms with E-state index in [1.165, 1.54) is 4.88 Å². The third-order valence-corrected chi connectivity index (χ3v) is 4.75. The van der Waals surface area contributed by atoms with Crippen molar-refractivity contribution >= 4 is 23.1 Å². The average Bonchev–Trinajstić information content (AvgIpc) is 3.11. The quantitative estimate of drug-likeness (QED) is 0.763. The fourth-order valence-corrected chi connectivity index (χ4v) is 3.20. The summed E-state index contributed by atoms with van der Waals surface area (Å²) >= 11 is 1.60. The Morgan fingerprint density at radius 3 is 2.83 bits per heavy atom. The molecule has 0 radical (unpaired) electrons. The molecule has 0 saturated heterocycles. The zero-order valence-electron chi connectivity index (χ0n) is 13.8. The number of nitrogens with zero attached hydrogens (tertiary/aromatic N) is 3. The van der Waals surface area contributed by atoms with E-state index in [1.54, 1.807) is 17.5 Å². The highest BCUT2D eigenvalue weighted by Crippen LogP contribution is 2.20. The Balaban J connectivity index is 1.63. The number of rotatable bonds is 4. The maximum Gasteiger partial charge on any atom is 0.319 e. The molecule has 2 amide bonds. The molecule has 3 rings (SSSR count). The monoisotopic (exact) mass is 341 g/mol. The van der Waals surface area contributed by atoms with E-state index in [0.717, 1.165) is 27.8 Å². The number of nitrogens with one attached hydrogen (secondary N) is 2. The molecule has 1 aromatic carbocycles. The summed E-state index contributed by atoms with van der Waals surface area (Å²) in [6.45, 7) is 4.42. The van der Waals surface area contributed by atoms with Crippen molar-refractivity contribution in [3.8, 4) is 11.4 Å². The maximum atomic E-state index is 12.1. The number of urea groups is 1.